The summed E-state index contributed by atoms with van der Waals surface area (Å²) in [4.78, 5) is 12.6. The van der Waals surface area contributed by atoms with Crippen LogP contribution in [0.5, 0.6) is 23.0 Å². The van der Waals surface area contributed by atoms with Crippen LogP contribution < -0.4 is 24.3 Å². The van der Waals surface area contributed by atoms with Crippen molar-refractivity contribution in [3.05, 3.63) is 42.5 Å². The molecular formula is C19H23NO5. The Morgan fingerprint density at radius 1 is 0.960 bits per heavy atom. The minimum Gasteiger partial charge on any atom is -0.497 e. The molecule has 0 heterocycles. The Hall–Kier alpha value is -2.89. The summed E-state index contributed by atoms with van der Waals surface area (Å²) in [6.07, 6.45) is -0.125. The smallest absolute Gasteiger partial charge is 0.265 e. The molecule has 1 N–H and O–H groups in total. The third-order valence-electron chi connectivity index (χ3n) is 3.65. The Balaban J connectivity index is 2.11. The van der Waals surface area contributed by atoms with Gasteiger partial charge in [-0.3, -0.25) is 4.79 Å². The largest absolute Gasteiger partial charge is 0.497 e. The molecule has 0 saturated carbocycles. The number of nitrogens with one attached hydrogen (secondary N) is 1. The van der Waals surface area contributed by atoms with Gasteiger partial charge in [0, 0.05) is 12.1 Å². The zero-order chi connectivity index (χ0) is 18.2. The van der Waals surface area contributed by atoms with Crippen molar-refractivity contribution in [2.45, 2.75) is 19.4 Å². The molecule has 134 valence electrons. The highest BCUT2D eigenvalue weighted by Gasteiger charge is 2.20. The lowest BCUT2D eigenvalue weighted by molar-refractivity contribution is -0.122. The lowest BCUT2D eigenvalue weighted by Crippen LogP contribution is -2.32. The highest BCUT2D eigenvalue weighted by Crippen LogP contribution is 2.29. The van der Waals surface area contributed by atoms with E-state index in [0.29, 0.717) is 35.1 Å². The highest BCUT2D eigenvalue weighted by molar-refractivity contribution is 5.95. The number of carbonyl (C=O) groups is 1. The van der Waals surface area contributed by atoms with E-state index in [1.807, 2.05) is 19.1 Å². The van der Waals surface area contributed by atoms with E-state index >= 15 is 0 Å². The van der Waals surface area contributed by atoms with Crippen LogP contribution >= 0.6 is 0 Å². The Kier molecular flexibility index (Phi) is 6.51. The first-order valence-electron chi connectivity index (χ1n) is 7.94. The number of hydrogen-bond acceptors (Lipinski definition) is 5. The van der Waals surface area contributed by atoms with Crippen LogP contribution in [-0.4, -0.2) is 33.3 Å². The van der Waals surface area contributed by atoms with Gasteiger partial charge in [-0.2, -0.15) is 0 Å². The Morgan fingerprint density at radius 3 is 2.28 bits per heavy atom. The molecular weight excluding hydrogens is 322 g/mol. The molecule has 0 fully saturated rings. The number of methoxy groups -OCH3 is 3. The standard InChI is InChI=1S/C19H23NO5/c1-5-17(25-15-8-6-7-13(11-15)22-2)19(21)20-16-10-9-14(23-3)12-18(16)24-4/h6-12,17H,5H2,1-4H3,(H,20,21). The second-order valence-corrected chi connectivity index (χ2v) is 5.25. The van der Waals surface area contributed by atoms with Crippen LogP contribution in [0.4, 0.5) is 5.69 Å². The van der Waals surface area contributed by atoms with Crippen molar-refractivity contribution in [2.24, 2.45) is 0 Å². The van der Waals surface area contributed by atoms with Gasteiger partial charge >= 0.3 is 0 Å². The van der Waals surface area contributed by atoms with E-state index in [1.165, 1.54) is 7.11 Å². The van der Waals surface area contributed by atoms with Crippen molar-refractivity contribution < 1.29 is 23.7 Å². The van der Waals surface area contributed by atoms with Gasteiger partial charge in [0.1, 0.15) is 23.0 Å². The van der Waals surface area contributed by atoms with Crippen molar-refractivity contribution in [3.8, 4) is 23.0 Å². The maximum absolute atomic E-state index is 12.6. The fraction of sp³-hybridized carbons (Fsp3) is 0.316. The third-order valence-corrected chi connectivity index (χ3v) is 3.65. The van der Waals surface area contributed by atoms with Gasteiger partial charge in [0.15, 0.2) is 6.10 Å². The number of rotatable bonds is 8. The van der Waals surface area contributed by atoms with E-state index < -0.39 is 6.10 Å². The SMILES string of the molecule is CCC(Oc1cccc(OC)c1)C(=O)Nc1ccc(OC)cc1OC. The zero-order valence-electron chi connectivity index (χ0n) is 14.9. The Labute approximate surface area is 147 Å². The van der Waals surface area contributed by atoms with Gasteiger partial charge in [-0.25, -0.2) is 0 Å². The maximum Gasteiger partial charge on any atom is 0.265 e. The average Bonchev–Trinajstić information content (AvgIpc) is 2.66. The van der Waals surface area contributed by atoms with Crippen LogP contribution in [0.1, 0.15) is 13.3 Å². The molecule has 0 aliphatic carbocycles. The zero-order valence-corrected chi connectivity index (χ0v) is 14.9. The molecule has 0 aliphatic heterocycles. The highest BCUT2D eigenvalue weighted by atomic mass is 16.5. The Morgan fingerprint density at radius 2 is 1.64 bits per heavy atom. The summed E-state index contributed by atoms with van der Waals surface area (Å²) in [5.74, 6) is 2.15. The summed E-state index contributed by atoms with van der Waals surface area (Å²) in [5, 5.41) is 2.84. The molecule has 1 amide bonds. The second-order valence-electron chi connectivity index (χ2n) is 5.25. The summed E-state index contributed by atoms with van der Waals surface area (Å²) < 4.78 is 21.4. The molecule has 6 heteroatoms. The van der Waals surface area contributed by atoms with Crippen molar-refractivity contribution in [1.82, 2.24) is 0 Å². The van der Waals surface area contributed by atoms with E-state index in [1.54, 1.807) is 44.6 Å². The molecule has 1 atom stereocenters. The molecule has 0 aliphatic rings. The van der Waals surface area contributed by atoms with E-state index in [9.17, 15) is 4.79 Å². The van der Waals surface area contributed by atoms with E-state index in [0.717, 1.165) is 0 Å². The molecule has 1 unspecified atom stereocenters. The van der Waals surface area contributed by atoms with Crippen LogP contribution in [0.25, 0.3) is 0 Å². The van der Waals surface area contributed by atoms with Crippen LogP contribution in [0.3, 0.4) is 0 Å². The first kappa shape index (κ1) is 18.4. The number of anilines is 1. The predicted octanol–water partition coefficient (Wildman–Crippen LogP) is 3.51. The Bertz CT molecular complexity index is 717. The molecule has 0 aromatic heterocycles. The lowest BCUT2D eigenvalue weighted by Gasteiger charge is -2.19. The van der Waals surface area contributed by atoms with Gasteiger partial charge in [0.2, 0.25) is 0 Å². The lowest BCUT2D eigenvalue weighted by atomic mass is 10.2. The molecule has 2 aromatic rings. The fourth-order valence-corrected chi connectivity index (χ4v) is 2.28. The van der Waals surface area contributed by atoms with Gasteiger partial charge in [0.25, 0.3) is 5.91 Å². The minimum atomic E-state index is -0.640. The molecule has 0 saturated heterocycles. The van der Waals surface area contributed by atoms with Crippen molar-refractivity contribution >= 4 is 11.6 Å². The van der Waals surface area contributed by atoms with Crippen molar-refractivity contribution in [1.29, 1.82) is 0 Å². The monoisotopic (exact) mass is 345 g/mol. The van der Waals surface area contributed by atoms with Gasteiger partial charge in [-0.1, -0.05) is 13.0 Å². The van der Waals surface area contributed by atoms with E-state index in [-0.39, 0.29) is 5.91 Å². The quantitative estimate of drug-likeness (QED) is 0.793. The number of hydrogen-bond donors (Lipinski definition) is 1. The third kappa shape index (κ3) is 4.79. The van der Waals surface area contributed by atoms with Crippen LogP contribution in [-0.2, 0) is 4.79 Å². The number of benzene rings is 2. The first-order chi connectivity index (χ1) is 12.1. The summed E-state index contributed by atoms with van der Waals surface area (Å²) in [6, 6.07) is 12.3. The average molecular weight is 345 g/mol. The predicted molar refractivity (Wildman–Crippen MR) is 95.9 cm³/mol. The number of carbonyl (C=O) groups excluding carboxylic acids is 1. The maximum atomic E-state index is 12.6. The van der Waals surface area contributed by atoms with Gasteiger partial charge in [0.05, 0.1) is 27.0 Å². The molecule has 0 radical (unpaired) electrons. The summed E-state index contributed by atoms with van der Waals surface area (Å²) in [5.41, 5.74) is 0.556. The topological polar surface area (TPSA) is 66.0 Å². The number of amides is 1. The summed E-state index contributed by atoms with van der Waals surface area (Å²) >= 11 is 0. The van der Waals surface area contributed by atoms with Crippen LogP contribution in [0.15, 0.2) is 42.5 Å². The molecule has 25 heavy (non-hydrogen) atoms. The molecule has 2 rings (SSSR count). The summed E-state index contributed by atoms with van der Waals surface area (Å²) in [7, 11) is 4.69. The van der Waals surface area contributed by atoms with Gasteiger partial charge in [-0.15, -0.1) is 0 Å². The van der Waals surface area contributed by atoms with Crippen molar-refractivity contribution in [3.63, 3.8) is 0 Å². The first-order valence-corrected chi connectivity index (χ1v) is 7.94. The molecule has 2 aromatic carbocycles. The summed E-state index contributed by atoms with van der Waals surface area (Å²) in [6.45, 7) is 1.88. The second kappa shape index (κ2) is 8.82. The van der Waals surface area contributed by atoms with Crippen LogP contribution in [0, 0.1) is 0 Å². The fourth-order valence-electron chi connectivity index (χ4n) is 2.28. The van der Waals surface area contributed by atoms with Crippen molar-refractivity contribution in [2.75, 3.05) is 26.6 Å². The normalized spacial score (nSPS) is 11.4. The van der Waals surface area contributed by atoms with E-state index in [2.05, 4.69) is 5.32 Å². The minimum absolute atomic E-state index is 0.256. The molecule has 6 nitrogen and oxygen atoms in total. The molecule has 0 bridgehead atoms. The van der Waals surface area contributed by atoms with Gasteiger partial charge in [-0.05, 0) is 30.7 Å². The van der Waals surface area contributed by atoms with Gasteiger partial charge < -0.3 is 24.3 Å². The van der Waals surface area contributed by atoms with E-state index in [4.69, 9.17) is 18.9 Å². The van der Waals surface area contributed by atoms with Crippen LogP contribution in [0.2, 0.25) is 0 Å². The number of ether oxygens (including phenoxy) is 4. The molecule has 0 spiro atoms.